The Balaban J connectivity index is 2.15. The lowest BCUT2D eigenvalue weighted by atomic mass is 9.92. The number of thioether (sulfide) groups is 1. The van der Waals surface area contributed by atoms with Gasteiger partial charge in [-0.15, -0.1) is 11.8 Å². The summed E-state index contributed by atoms with van der Waals surface area (Å²) < 4.78 is 11.4. The van der Waals surface area contributed by atoms with Crippen molar-refractivity contribution in [2.45, 2.75) is 51.4 Å². The number of ether oxygens (including phenoxy) is 2. The van der Waals surface area contributed by atoms with E-state index in [9.17, 15) is 9.90 Å². The zero-order valence-electron chi connectivity index (χ0n) is 15.1. The number of aliphatic imine (C=N–C) groups is 1. The second-order valence-corrected chi connectivity index (χ2v) is 8.15. The van der Waals surface area contributed by atoms with Crippen LogP contribution in [0.15, 0.2) is 17.3 Å². The minimum atomic E-state index is -0.982. The van der Waals surface area contributed by atoms with Crippen molar-refractivity contribution in [3.63, 3.8) is 0 Å². The number of hydrogen-bond donors (Lipinski definition) is 2. The van der Waals surface area contributed by atoms with E-state index >= 15 is 0 Å². The Kier molecular flexibility index (Phi) is 5.63. The molecule has 0 aromatic carbocycles. The van der Waals surface area contributed by atoms with Gasteiger partial charge in [-0.1, -0.05) is 0 Å². The normalized spacial score (nSPS) is 18.1. The molecule has 1 aromatic heterocycles. The van der Waals surface area contributed by atoms with Crippen LogP contribution in [0.1, 0.15) is 39.8 Å². The van der Waals surface area contributed by atoms with Gasteiger partial charge in [0, 0.05) is 25.3 Å². The van der Waals surface area contributed by atoms with Crippen LogP contribution in [-0.2, 0) is 9.53 Å². The predicted molar refractivity (Wildman–Crippen MR) is 96.7 cm³/mol. The molecule has 8 heteroatoms. The fourth-order valence-corrected chi connectivity index (χ4v) is 3.77. The molecule has 0 aliphatic carbocycles. The van der Waals surface area contributed by atoms with E-state index in [-0.39, 0.29) is 17.0 Å². The van der Waals surface area contributed by atoms with Gasteiger partial charge in [0.25, 0.3) is 0 Å². The van der Waals surface area contributed by atoms with Crippen molar-refractivity contribution in [1.29, 1.82) is 0 Å². The summed E-state index contributed by atoms with van der Waals surface area (Å²) in [6.45, 7) is 7.83. The van der Waals surface area contributed by atoms with Gasteiger partial charge in [-0.25, -0.2) is 9.78 Å². The van der Waals surface area contributed by atoms with Crippen LogP contribution in [0.2, 0.25) is 0 Å². The molecule has 25 heavy (non-hydrogen) atoms. The minimum absolute atomic E-state index is 0.0865. The van der Waals surface area contributed by atoms with Crippen molar-refractivity contribution in [1.82, 2.24) is 4.98 Å². The van der Waals surface area contributed by atoms with Crippen molar-refractivity contribution in [2.24, 2.45) is 4.99 Å². The summed E-state index contributed by atoms with van der Waals surface area (Å²) in [4.78, 5) is 19.3. The Bertz CT molecular complexity index is 688. The topological polar surface area (TPSA) is 101 Å². The lowest BCUT2D eigenvalue weighted by Gasteiger charge is -2.34. The maximum absolute atomic E-state index is 11.0. The van der Waals surface area contributed by atoms with Crippen LogP contribution in [-0.4, -0.2) is 56.3 Å². The number of hydrogen-bond acceptors (Lipinski definition) is 7. The second-order valence-electron chi connectivity index (χ2n) is 7.14. The highest BCUT2D eigenvalue weighted by Crippen LogP contribution is 2.32. The summed E-state index contributed by atoms with van der Waals surface area (Å²) in [5, 5.41) is 19.7. The highest BCUT2D eigenvalue weighted by Gasteiger charge is 2.31. The Morgan fingerprint density at radius 3 is 2.56 bits per heavy atom. The molecule has 0 amide bonds. The number of aromatic hydroxyl groups is 1. The predicted octanol–water partition coefficient (Wildman–Crippen LogP) is 2.71. The van der Waals surface area contributed by atoms with Crippen LogP contribution >= 0.6 is 11.8 Å². The van der Waals surface area contributed by atoms with E-state index in [4.69, 9.17) is 14.6 Å². The number of carbonyl (C=O) groups is 1. The van der Waals surface area contributed by atoms with E-state index in [0.29, 0.717) is 23.0 Å². The number of methoxy groups -OCH3 is 1. The molecule has 0 saturated carbocycles. The molecular weight excluding hydrogens is 344 g/mol. The number of carboxylic acid groups (broad SMARTS) is 1. The molecule has 1 atom stereocenters. The minimum Gasteiger partial charge on any atom is -0.505 e. The maximum atomic E-state index is 11.0. The van der Waals surface area contributed by atoms with Crippen LogP contribution in [0, 0.1) is 0 Å². The first-order valence-corrected chi connectivity index (χ1v) is 8.88. The lowest BCUT2D eigenvalue weighted by molar-refractivity contribution is -0.137. The molecule has 2 rings (SSSR count). The molecular formula is C17H24N2O5S. The van der Waals surface area contributed by atoms with Crippen LogP contribution in [0.4, 0.5) is 0 Å². The fraction of sp³-hybridized carbons (Fsp3) is 0.588. The monoisotopic (exact) mass is 368 g/mol. The van der Waals surface area contributed by atoms with Gasteiger partial charge in [-0.05, 0) is 27.7 Å². The summed E-state index contributed by atoms with van der Waals surface area (Å²) >= 11 is 1.27. The van der Waals surface area contributed by atoms with Gasteiger partial charge in [0.05, 0.1) is 11.8 Å². The van der Waals surface area contributed by atoms with Crippen molar-refractivity contribution in [3.05, 3.63) is 18.0 Å². The van der Waals surface area contributed by atoms with E-state index in [1.165, 1.54) is 24.0 Å². The summed E-state index contributed by atoms with van der Waals surface area (Å²) in [6, 6.07) is 0.675. The van der Waals surface area contributed by atoms with Crippen molar-refractivity contribution in [2.75, 3.05) is 12.9 Å². The van der Waals surface area contributed by atoms with Crippen LogP contribution in [0.3, 0.4) is 0 Å². The molecule has 0 saturated heterocycles. The highest BCUT2D eigenvalue weighted by atomic mass is 32.2. The smallest absolute Gasteiger partial charge is 0.329 e. The van der Waals surface area contributed by atoms with E-state index < -0.39 is 17.6 Å². The maximum Gasteiger partial charge on any atom is 0.329 e. The van der Waals surface area contributed by atoms with Gasteiger partial charge < -0.3 is 19.7 Å². The first-order chi connectivity index (χ1) is 11.5. The van der Waals surface area contributed by atoms with Gasteiger partial charge in [0.2, 0.25) is 0 Å². The third-order valence-corrected chi connectivity index (χ3v) is 4.83. The van der Waals surface area contributed by atoms with Crippen LogP contribution < -0.4 is 4.74 Å². The third-order valence-electron chi connectivity index (χ3n) is 3.78. The first-order valence-electron chi connectivity index (χ1n) is 7.90. The average molecular weight is 368 g/mol. The second kappa shape index (κ2) is 7.21. The molecule has 7 nitrogen and oxygen atoms in total. The van der Waals surface area contributed by atoms with Crippen LogP contribution in [0.25, 0.3) is 0 Å². The van der Waals surface area contributed by atoms with Gasteiger partial charge >= 0.3 is 5.97 Å². The Morgan fingerprint density at radius 1 is 1.36 bits per heavy atom. The largest absolute Gasteiger partial charge is 0.505 e. The molecule has 0 fully saturated rings. The van der Waals surface area contributed by atoms with Gasteiger partial charge in [0.1, 0.15) is 27.8 Å². The Morgan fingerprint density at radius 2 is 2.04 bits per heavy atom. The molecule has 0 spiro atoms. The summed E-state index contributed by atoms with van der Waals surface area (Å²) in [6.07, 6.45) is 2.15. The number of rotatable bonds is 7. The number of nitrogens with zero attached hydrogens (tertiary/aromatic N) is 2. The Labute approximate surface area is 151 Å². The quantitative estimate of drug-likeness (QED) is 0.763. The molecule has 0 bridgehead atoms. The highest BCUT2D eigenvalue weighted by molar-refractivity contribution is 8.14. The molecule has 2 N–H and O–H groups in total. The van der Waals surface area contributed by atoms with E-state index in [2.05, 4.69) is 9.98 Å². The van der Waals surface area contributed by atoms with Crippen molar-refractivity contribution < 1.29 is 24.5 Å². The van der Waals surface area contributed by atoms with Crippen molar-refractivity contribution in [3.8, 4) is 11.5 Å². The van der Waals surface area contributed by atoms with E-state index in [1.807, 2.05) is 27.7 Å². The van der Waals surface area contributed by atoms with Gasteiger partial charge in [0.15, 0.2) is 6.04 Å². The number of aromatic nitrogens is 1. The third kappa shape index (κ3) is 5.09. The lowest BCUT2D eigenvalue weighted by Crippen LogP contribution is -2.38. The Hall–Kier alpha value is -1.80. The van der Waals surface area contributed by atoms with Gasteiger partial charge in [-0.3, -0.25) is 4.99 Å². The number of aliphatic carboxylic acids is 1. The molecule has 1 aliphatic heterocycles. The van der Waals surface area contributed by atoms with Gasteiger partial charge in [-0.2, -0.15) is 0 Å². The SMILES string of the molecule is COC(C)(C)CC(C)(C)Oc1cnc(C2=NC(C(=O)O)CS2)c(O)c1. The first kappa shape index (κ1) is 19.5. The summed E-state index contributed by atoms with van der Waals surface area (Å²) in [5.74, 6) is -0.305. The number of carboxylic acids is 1. The van der Waals surface area contributed by atoms with E-state index in [1.54, 1.807) is 7.11 Å². The standard InChI is InChI=1S/C17H24N2O5S/c1-16(2,23-5)9-17(3,4)24-10-6-12(20)13(18-7-10)14-19-11(8-25-14)15(21)22/h6-7,11,20H,8-9H2,1-5H3,(H,21,22). The molecule has 2 heterocycles. The summed E-state index contributed by atoms with van der Waals surface area (Å²) in [7, 11) is 1.66. The van der Waals surface area contributed by atoms with E-state index in [0.717, 1.165) is 0 Å². The van der Waals surface area contributed by atoms with Crippen LogP contribution in [0.5, 0.6) is 11.5 Å². The van der Waals surface area contributed by atoms with Crippen molar-refractivity contribution >= 4 is 22.8 Å². The molecule has 1 aliphatic rings. The zero-order valence-corrected chi connectivity index (χ0v) is 15.9. The molecule has 1 unspecified atom stereocenters. The average Bonchev–Trinajstić information content (AvgIpc) is 2.95. The zero-order chi connectivity index (χ0) is 18.8. The summed E-state index contributed by atoms with van der Waals surface area (Å²) in [5.41, 5.74) is -0.598. The molecule has 1 aromatic rings. The molecule has 138 valence electrons. The number of pyridine rings is 1. The molecule has 0 radical (unpaired) electrons. The fourth-order valence-electron chi connectivity index (χ4n) is 2.74.